The van der Waals surface area contributed by atoms with Crippen LogP contribution in [0.25, 0.3) is 22.3 Å². The standard InChI is InChI=1S/C21H15N9O2S2/c31-34(32,28-21-22-10-3-11-23-21)16-8-6-15(7-9-16)27-29-30-18-5-2-1-4-17(18)26-19(20(30)33)14-12-24-25-13-14/h1-13H,(H,24,25)(H,22,23,28). The number of hydrogen-bond acceptors (Lipinski definition) is 9. The van der Waals surface area contributed by atoms with Crippen LogP contribution in [0.2, 0.25) is 0 Å². The first-order valence-corrected chi connectivity index (χ1v) is 11.7. The number of aromatic nitrogens is 6. The summed E-state index contributed by atoms with van der Waals surface area (Å²) in [5, 5.41) is 15.3. The lowest BCUT2D eigenvalue weighted by Gasteiger charge is -2.08. The largest absolute Gasteiger partial charge is 0.285 e. The number of fused-ring (bicyclic) bond motifs is 1. The van der Waals surface area contributed by atoms with E-state index in [0.717, 1.165) is 5.56 Å². The van der Waals surface area contributed by atoms with Crippen molar-refractivity contribution < 1.29 is 8.42 Å². The zero-order valence-corrected chi connectivity index (χ0v) is 18.9. The second-order valence-electron chi connectivity index (χ2n) is 6.91. The van der Waals surface area contributed by atoms with Gasteiger partial charge in [0.15, 0.2) is 4.64 Å². The minimum Gasteiger partial charge on any atom is -0.285 e. The number of H-pyrrole nitrogens is 1. The number of aromatic amines is 1. The summed E-state index contributed by atoms with van der Waals surface area (Å²) >= 11 is 5.62. The first-order chi connectivity index (χ1) is 16.5. The molecule has 0 aliphatic rings. The Balaban J connectivity index is 1.47. The summed E-state index contributed by atoms with van der Waals surface area (Å²) in [5.74, 6) is -0.0152. The highest BCUT2D eigenvalue weighted by molar-refractivity contribution is 7.92. The van der Waals surface area contributed by atoms with Gasteiger partial charge in [0.1, 0.15) is 5.69 Å². The number of nitrogens with one attached hydrogen (secondary N) is 2. The summed E-state index contributed by atoms with van der Waals surface area (Å²) in [6.45, 7) is 0. The van der Waals surface area contributed by atoms with Crippen LogP contribution in [0.5, 0.6) is 0 Å². The molecule has 0 aliphatic heterocycles. The number of hydrogen-bond donors (Lipinski definition) is 2. The molecule has 5 rings (SSSR count). The van der Waals surface area contributed by atoms with Crippen LogP contribution >= 0.6 is 12.2 Å². The van der Waals surface area contributed by atoms with Crippen molar-refractivity contribution in [3.63, 3.8) is 0 Å². The lowest BCUT2D eigenvalue weighted by atomic mass is 10.2. The maximum Gasteiger partial charge on any atom is 0.264 e. The van der Waals surface area contributed by atoms with Crippen molar-refractivity contribution in [3.8, 4) is 11.3 Å². The lowest BCUT2D eigenvalue weighted by Crippen LogP contribution is -2.14. The molecular formula is C21H15N9O2S2. The Bertz CT molecular complexity index is 1650. The van der Waals surface area contributed by atoms with Gasteiger partial charge in [-0.3, -0.25) is 5.10 Å². The Morgan fingerprint density at radius 3 is 2.50 bits per heavy atom. The lowest BCUT2D eigenvalue weighted by molar-refractivity contribution is 0.601. The summed E-state index contributed by atoms with van der Waals surface area (Å²) in [4.78, 5) is 12.4. The van der Waals surface area contributed by atoms with Crippen molar-refractivity contribution >= 4 is 44.9 Å². The molecule has 34 heavy (non-hydrogen) atoms. The smallest absolute Gasteiger partial charge is 0.264 e. The highest BCUT2D eigenvalue weighted by Crippen LogP contribution is 2.24. The highest BCUT2D eigenvalue weighted by atomic mass is 32.2. The van der Waals surface area contributed by atoms with E-state index in [1.165, 1.54) is 41.3 Å². The highest BCUT2D eigenvalue weighted by Gasteiger charge is 2.15. The molecule has 168 valence electrons. The quantitative estimate of drug-likeness (QED) is 0.267. The summed E-state index contributed by atoms with van der Waals surface area (Å²) < 4.78 is 29.3. The Labute approximate surface area is 198 Å². The van der Waals surface area contributed by atoms with Gasteiger partial charge in [0.2, 0.25) is 5.95 Å². The van der Waals surface area contributed by atoms with E-state index in [1.807, 2.05) is 24.3 Å². The molecule has 5 aromatic rings. The Hall–Kier alpha value is -4.36. The molecule has 11 nitrogen and oxygen atoms in total. The minimum atomic E-state index is -3.85. The first kappa shape index (κ1) is 21.5. The molecule has 0 radical (unpaired) electrons. The third-order valence-corrected chi connectivity index (χ3v) is 6.41. The Morgan fingerprint density at radius 1 is 1.00 bits per heavy atom. The zero-order valence-electron chi connectivity index (χ0n) is 17.3. The van der Waals surface area contributed by atoms with Crippen molar-refractivity contribution in [3.05, 3.63) is 84.0 Å². The maximum atomic E-state index is 12.6. The fourth-order valence-electron chi connectivity index (χ4n) is 3.09. The van der Waals surface area contributed by atoms with Crippen molar-refractivity contribution in [2.75, 3.05) is 4.72 Å². The van der Waals surface area contributed by atoms with Gasteiger partial charge < -0.3 is 0 Å². The molecule has 3 heterocycles. The van der Waals surface area contributed by atoms with Crippen LogP contribution in [0.1, 0.15) is 0 Å². The molecular weight excluding hydrogens is 474 g/mol. The summed E-state index contributed by atoms with van der Waals surface area (Å²) in [7, 11) is -3.85. The number of nitrogens with zero attached hydrogens (tertiary/aromatic N) is 7. The molecule has 13 heteroatoms. The van der Waals surface area contributed by atoms with Gasteiger partial charge in [0.25, 0.3) is 10.0 Å². The van der Waals surface area contributed by atoms with Gasteiger partial charge in [0, 0.05) is 24.2 Å². The van der Waals surface area contributed by atoms with Gasteiger partial charge in [-0.15, -0.1) is 5.11 Å². The third-order valence-electron chi connectivity index (χ3n) is 4.70. The number of benzene rings is 2. The number of anilines is 1. The summed E-state index contributed by atoms with van der Waals surface area (Å²) in [6, 6.07) is 14.9. The average molecular weight is 490 g/mol. The van der Waals surface area contributed by atoms with Crippen LogP contribution in [-0.4, -0.2) is 38.2 Å². The molecule has 0 saturated carbocycles. The summed E-state index contributed by atoms with van der Waals surface area (Å²) in [6.07, 6.45) is 6.21. The Morgan fingerprint density at radius 2 is 1.76 bits per heavy atom. The maximum absolute atomic E-state index is 12.6. The number of sulfonamides is 1. The summed E-state index contributed by atoms with van der Waals surface area (Å²) in [5.41, 5.74) is 3.06. The van der Waals surface area contributed by atoms with E-state index >= 15 is 0 Å². The van der Waals surface area contributed by atoms with Crippen LogP contribution in [0, 0.1) is 4.64 Å². The van der Waals surface area contributed by atoms with E-state index in [1.54, 1.807) is 18.5 Å². The topological polar surface area (TPSA) is 143 Å². The van der Waals surface area contributed by atoms with Crippen LogP contribution in [0.15, 0.2) is 94.6 Å². The van der Waals surface area contributed by atoms with Gasteiger partial charge in [-0.05, 0) is 42.5 Å². The fraction of sp³-hybridized carbons (Fsp3) is 0. The van der Waals surface area contributed by atoms with Crippen LogP contribution in [0.4, 0.5) is 11.6 Å². The molecule has 0 bridgehead atoms. The van der Waals surface area contributed by atoms with Crippen LogP contribution < -0.4 is 4.72 Å². The van der Waals surface area contributed by atoms with Crippen molar-refractivity contribution in [2.24, 2.45) is 10.3 Å². The van der Waals surface area contributed by atoms with Crippen LogP contribution in [-0.2, 0) is 10.0 Å². The third kappa shape index (κ3) is 4.29. The molecule has 3 aromatic heterocycles. The number of para-hydroxylation sites is 2. The zero-order chi connectivity index (χ0) is 23.5. The van der Waals surface area contributed by atoms with Crippen molar-refractivity contribution in [1.82, 2.24) is 29.8 Å². The van der Waals surface area contributed by atoms with Crippen molar-refractivity contribution in [1.29, 1.82) is 0 Å². The van der Waals surface area contributed by atoms with Gasteiger partial charge in [-0.1, -0.05) is 29.6 Å². The van der Waals surface area contributed by atoms with E-state index in [0.29, 0.717) is 27.1 Å². The molecule has 0 spiro atoms. The normalized spacial score (nSPS) is 11.8. The average Bonchev–Trinajstić information content (AvgIpc) is 3.39. The van der Waals surface area contributed by atoms with Gasteiger partial charge in [-0.25, -0.2) is 28.1 Å². The molecule has 0 saturated heterocycles. The number of rotatable bonds is 6. The first-order valence-electron chi connectivity index (χ1n) is 9.84. The van der Waals surface area contributed by atoms with E-state index in [9.17, 15) is 8.42 Å². The Kier molecular flexibility index (Phi) is 5.61. The molecule has 0 aliphatic carbocycles. The fourth-order valence-corrected chi connectivity index (χ4v) is 4.35. The van der Waals surface area contributed by atoms with Gasteiger partial charge >= 0.3 is 0 Å². The van der Waals surface area contributed by atoms with E-state index < -0.39 is 10.0 Å². The predicted molar refractivity (Wildman–Crippen MR) is 127 cm³/mol. The van der Waals surface area contributed by atoms with Crippen molar-refractivity contribution in [2.45, 2.75) is 4.90 Å². The predicted octanol–water partition coefficient (Wildman–Crippen LogP) is 4.29. The molecule has 0 unspecified atom stereocenters. The van der Waals surface area contributed by atoms with Gasteiger partial charge in [-0.2, -0.15) is 9.77 Å². The van der Waals surface area contributed by atoms with Gasteiger partial charge in [0.05, 0.1) is 27.8 Å². The second-order valence-corrected chi connectivity index (χ2v) is 8.98. The molecule has 2 N–H and O–H groups in total. The van der Waals surface area contributed by atoms with E-state index in [4.69, 9.17) is 12.2 Å². The minimum absolute atomic E-state index is 0.0152. The molecule has 0 atom stereocenters. The molecule has 0 amide bonds. The molecule has 0 fully saturated rings. The van der Waals surface area contributed by atoms with E-state index in [-0.39, 0.29) is 10.8 Å². The van der Waals surface area contributed by atoms with Crippen LogP contribution in [0.3, 0.4) is 0 Å². The molecule has 2 aromatic carbocycles. The monoisotopic (exact) mass is 489 g/mol. The second kappa shape index (κ2) is 8.88. The van der Waals surface area contributed by atoms with E-state index in [2.05, 4.69) is 40.2 Å². The SMILES string of the molecule is O=S(=O)(Nc1ncccn1)c1ccc(N=Nn2c(=S)c(-c3cn[nH]c3)nc3ccccc32)cc1.